The van der Waals surface area contributed by atoms with E-state index in [4.69, 9.17) is 5.11 Å². The van der Waals surface area contributed by atoms with Gasteiger partial charge in [0.15, 0.2) is 0 Å². The molecule has 0 radical (unpaired) electrons. The average molecular weight is 282 g/mol. The van der Waals surface area contributed by atoms with Crippen LogP contribution in [-0.4, -0.2) is 57.9 Å². The van der Waals surface area contributed by atoms with Crippen molar-refractivity contribution in [2.45, 2.75) is 57.5 Å². The zero-order valence-corrected chi connectivity index (χ0v) is 11.9. The summed E-state index contributed by atoms with van der Waals surface area (Å²) in [6.45, 7) is 3.00. The highest BCUT2D eigenvalue weighted by Gasteiger charge is 2.43. The minimum absolute atomic E-state index is 0.106. The number of imide groups is 1. The Labute approximate surface area is 118 Å². The Bertz CT molecular complexity index is 410. The van der Waals surface area contributed by atoms with Crippen molar-refractivity contribution in [3.63, 3.8) is 0 Å². The Morgan fingerprint density at radius 3 is 2.70 bits per heavy atom. The number of likely N-dealkylation sites (tertiary alicyclic amines) is 2. The van der Waals surface area contributed by atoms with E-state index in [1.165, 1.54) is 4.90 Å². The van der Waals surface area contributed by atoms with Crippen LogP contribution in [0.1, 0.15) is 45.4 Å². The number of likely N-dealkylation sites (N-methyl/N-ethyl adjacent to an activating group) is 1. The zero-order chi connectivity index (χ0) is 14.7. The molecular formula is C14H22N2O4. The molecule has 2 rings (SSSR count). The van der Waals surface area contributed by atoms with E-state index in [0.29, 0.717) is 13.0 Å². The first-order valence-corrected chi connectivity index (χ1v) is 7.36. The van der Waals surface area contributed by atoms with Gasteiger partial charge in [0, 0.05) is 19.0 Å². The minimum atomic E-state index is -0.806. The molecule has 2 heterocycles. The lowest BCUT2D eigenvalue weighted by Crippen LogP contribution is -2.49. The lowest BCUT2D eigenvalue weighted by atomic mass is 9.95. The van der Waals surface area contributed by atoms with Crippen molar-refractivity contribution in [1.29, 1.82) is 0 Å². The van der Waals surface area contributed by atoms with E-state index >= 15 is 0 Å². The van der Waals surface area contributed by atoms with Crippen LogP contribution in [0, 0.1) is 0 Å². The second-order valence-corrected chi connectivity index (χ2v) is 5.52. The van der Waals surface area contributed by atoms with Crippen molar-refractivity contribution in [3.05, 3.63) is 0 Å². The normalized spacial score (nSPS) is 28.1. The van der Waals surface area contributed by atoms with Crippen LogP contribution < -0.4 is 0 Å². The van der Waals surface area contributed by atoms with Gasteiger partial charge >= 0.3 is 5.97 Å². The molecule has 20 heavy (non-hydrogen) atoms. The summed E-state index contributed by atoms with van der Waals surface area (Å²) >= 11 is 0. The first-order valence-electron chi connectivity index (χ1n) is 7.36. The number of carboxylic acids is 1. The molecule has 0 saturated carbocycles. The largest absolute Gasteiger partial charge is 0.481 e. The van der Waals surface area contributed by atoms with Gasteiger partial charge in [-0.1, -0.05) is 6.42 Å². The second-order valence-electron chi connectivity index (χ2n) is 5.52. The first kappa shape index (κ1) is 15.0. The van der Waals surface area contributed by atoms with Crippen LogP contribution >= 0.6 is 0 Å². The summed E-state index contributed by atoms with van der Waals surface area (Å²) in [5.74, 6) is -1.02. The van der Waals surface area contributed by atoms with Gasteiger partial charge in [0.05, 0.1) is 12.5 Å². The first-order chi connectivity index (χ1) is 9.54. The lowest BCUT2D eigenvalue weighted by Gasteiger charge is -2.38. The van der Waals surface area contributed by atoms with Crippen molar-refractivity contribution in [3.8, 4) is 0 Å². The number of carbonyl (C=O) groups excluding carboxylic acids is 2. The second kappa shape index (κ2) is 6.35. The molecule has 2 aliphatic heterocycles. The third kappa shape index (κ3) is 3.00. The molecule has 0 aromatic rings. The number of nitrogens with zero attached hydrogens (tertiary/aromatic N) is 2. The van der Waals surface area contributed by atoms with Gasteiger partial charge in [0.1, 0.15) is 0 Å². The van der Waals surface area contributed by atoms with E-state index in [1.807, 2.05) is 0 Å². The third-order valence-corrected chi connectivity index (χ3v) is 4.30. The van der Waals surface area contributed by atoms with Crippen molar-refractivity contribution < 1.29 is 19.5 Å². The molecule has 112 valence electrons. The highest BCUT2D eigenvalue weighted by molar-refractivity contribution is 6.05. The molecular weight excluding hydrogens is 260 g/mol. The maximum Gasteiger partial charge on any atom is 0.303 e. The highest BCUT2D eigenvalue weighted by atomic mass is 16.4. The summed E-state index contributed by atoms with van der Waals surface area (Å²) in [4.78, 5) is 38.2. The molecule has 2 aliphatic rings. The van der Waals surface area contributed by atoms with E-state index in [-0.39, 0.29) is 36.7 Å². The van der Waals surface area contributed by atoms with Crippen LogP contribution in [0.15, 0.2) is 0 Å². The number of rotatable bonds is 5. The Morgan fingerprint density at radius 1 is 1.35 bits per heavy atom. The summed E-state index contributed by atoms with van der Waals surface area (Å²) in [6.07, 6.45) is 3.90. The third-order valence-electron chi connectivity index (χ3n) is 4.30. The van der Waals surface area contributed by atoms with Crippen molar-refractivity contribution >= 4 is 17.8 Å². The van der Waals surface area contributed by atoms with Gasteiger partial charge in [-0.05, 0) is 32.7 Å². The molecule has 2 fully saturated rings. The van der Waals surface area contributed by atoms with E-state index in [2.05, 4.69) is 4.90 Å². The Hall–Kier alpha value is -1.43. The molecule has 0 spiro atoms. The Morgan fingerprint density at radius 2 is 2.10 bits per heavy atom. The van der Waals surface area contributed by atoms with Crippen LogP contribution in [0.25, 0.3) is 0 Å². The van der Waals surface area contributed by atoms with Gasteiger partial charge in [-0.15, -0.1) is 0 Å². The predicted molar refractivity (Wildman–Crippen MR) is 72.0 cm³/mol. The standard InChI is InChI=1S/C14H22N2O4/c1-2-15-12(17)9-11(14(15)20)16-8-4-3-5-10(16)6-7-13(18)19/h10-11H,2-9H2,1H3,(H,18,19). The molecule has 0 aliphatic carbocycles. The molecule has 6 nitrogen and oxygen atoms in total. The van der Waals surface area contributed by atoms with Gasteiger partial charge in [-0.25, -0.2) is 0 Å². The lowest BCUT2D eigenvalue weighted by molar-refractivity contribution is -0.140. The number of amides is 2. The topological polar surface area (TPSA) is 77.9 Å². The average Bonchev–Trinajstić information content (AvgIpc) is 2.71. The van der Waals surface area contributed by atoms with E-state index in [9.17, 15) is 14.4 Å². The Balaban J connectivity index is 2.06. The van der Waals surface area contributed by atoms with Crippen molar-refractivity contribution in [1.82, 2.24) is 9.80 Å². The number of carbonyl (C=O) groups is 3. The molecule has 2 saturated heterocycles. The summed E-state index contributed by atoms with van der Waals surface area (Å²) in [5.41, 5.74) is 0. The van der Waals surface area contributed by atoms with Gasteiger partial charge in [0.2, 0.25) is 11.8 Å². The van der Waals surface area contributed by atoms with E-state index in [0.717, 1.165) is 25.8 Å². The van der Waals surface area contributed by atoms with Crippen LogP contribution in [0.5, 0.6) is 0 Å². The number of carboxylic acid groups (broad SMARTS) is 1. The Kier molecular flexibility index (Phi) is 4.75. The summed E-state index contributed by atoms with van der Waals surface area (Å²) in [6, 6.07) is -0.264. The number of hydrogen-bond donors (Lipinski definition) is 1. The molecule has 0 bridgehead atoms. The summed E-state index contributed by atoms with van der Waals surface area (Å²) in [5, 5.41) is 8.82. The van der Waals surface area contributed by atoms with Crippen LogP contribution in [0.3, 0.4) is 0 Å². The van der Waals surface area contributed by atoms with E-state index in [1.54, 1.807) is 6.92 Å². The van der Waals surface area contributed by atoms with Crippen LogP contribution in [0.2, 0.25) is 0 Å². The van der Waals surface area contributed by atoms with Crippen molar-refractivity contribution in [2.24, 2.45) is 0 Å². The maximum absolute atomic E-state index is 12.3. The summed E-state index contributed by atoms with van der Waals surface area (Å²) < 4.78 is 0. The maximum atomic E-state index is 12.3. The quantitative estimate of drug-likeness (QED) is 0.756. The monoisotopic (exact) mass is 282 g/mol. The molecule has 2 atom stereocenters. The predicted octanol–water partition coefficient (Wildman–Crippen LogP) is 0.853. The van der Waals surface area contributed by atoms with Crippen molar-refractivity contribution in [2.75, 3.05) is 13.1 Å². The number of piperidine rings is 1. The zero-order valence-electron chi connectivity index (χ0n) is 11.9. The van der Waals surface area contributed by atoms with E-state index < -0.39 is 5.97 Å². The fourth-order valence-electron chi connectivity index (χ4n) is 3.29. The minimum Gasteiger partial charge on any atom is -0.481 e. The van der Waals surface area contributed by atoms with Gasteiger partial charge in [0.25, 0.3) is 0 Å². The van der Waals surface area contributed by atoms with Gasteiger partial charge in [-0.2, -0.15) is 0 Å². The number of aliphatic carboxylic acids is 1. The molecule has 1 N–H and O–H groups in total. The molecule has 0 aromatic carbocycles. The van der Waals surface area contributed by atoms with Gasteiger partial charge in [-0.3, -0.25) is 24.2 Å². The number of hydrogen-bond acceptors (Lipinski definition) is 4. The fourth-order valence-corrected chi connectivity index (χ4v) is 3.29. The summed E-state index contributed by atoms with van der Waals surface area (Å²) in [7, 11) is 0. The highest BCUT2D eigenvalue weighted by Crippen LogP contribution is 2.28. The van der Waals surface area contributed by atoms with Crippen LogP contribution in [-0.2, 0) is 14.4 Å². The molecule has 0 aromatic heterocycles. The molecule has 2 unspecified atom stereocenters. The van der Waals surface area contributed by atoms with Gasteiger partial charge < -0.3 is 5.11 Å². The molecule has 2 amide bonds. The van der Waals surface area contributed by atoms with Crippen LogP contribution in [0.4, 0.5) is 0 Å². The fraction of sp³-hybridized carbons (Fsp3) is 0.786. The SMILES string of the molecule is CCN1C(=O)CC(N2CCCCC2CCC(=O)O)C1=O. The molecule has 6 heteroatoms. The smallest absolute Gasteiger partial charge is 0.303 e.